The summed E-state index contributed by atoms with van der Waals surface area (Å²) in [4.78, 5) is 4.76. The maximum atomic E-state index is 5.98. The van der Waals surface area contributed by atoms with Gasteiger partial charge in [0.25, 0.3) is 0 Å². The van der Waals surface area contributed by atoms with Crippen LogP contribution >= 0.6 is 0 Å². The molecule has 0 aromatic carbocycles. The van der Waals surface area contributed by atoms with Crippen molar-refractivity contribution in [2.45, 2.75) is 64.5 Å². The van der Waals surface area contributed by atoms with Crippen LogP contribution in [0.4, 0.5) is 0 Å². The van der Waals surface area contributed by atoms with Gasteiger partial charge in [-0.2, -0.15) is 0 Å². The Morgan fingerprint density at radius 1 is 1.39 bits per heavy atom. The van der Waals surface area contributed by atoms with Crippen molar-refractivity contribution in [3.8, 4) is 0 Å². The molecule has 3 heteroatoms. The van der Waals surface area contributed by atoms with Gasteiger partial charge in [-0.3, -0.25) is 0 Å². The van der Waals surface area contributed by atoms with E-state index in [1.54, 1.807) is 11.1 Å². The fourth-order valence-electron chi connectivity index (χ4n) is 4.27. The lowest BCUT2D eigenvalue weighted by Crippen LogP contribution is -2.52. The van der Waals surface area contributed by atoms with E-state index in [0.29, 0.717) is 24.0 Å². The molecule has 0 aromatic heterocycles. The summed E-state index contributed by atoms with van der Waals surface area (Å²) in [5.41, 5.74) is 9.19. The van der Waals surface area contributed by atoms with E-state index in [2.05, 4.69) is 19.2 Å². The molecule has 2 aliphatic carbocycles. The minimum absolute atomic E-state index is 0.393. The number of nitrogens with zero attached hydrogens (tertiary/aromatic N) is 1. The van der Waals surface area contributed by atoms with Crippen LogP contribution in [0, 0.1) is 11.8 Å². The molecule has 1 fully saturated rings. The lowest BCUT2D eigenvalue weighted by atomic mass is 9.72. The summed E-state index contributed by atoms with van der Waals surface area (Å²) >= 11 is 0. The Labute approximate surface area is 110 Å². The summed E-state index contributed by atoms with van der Waals surface area (Å²) in [6.07, 6.45) is 7.69. The maximum Gasteiger partial charge on any atom is 0.189 e. The van der Waals surface area contributed by atoms with E-state index in [1.165, 1.54) is 38.5 Å². The number of guanidine groups is 1. The fourth-order valence-corrected chi connectivity index (χ4v) is 4.27. The van der Waals surface area contributed by atoms with E-state index < -0.39 is 0 Å². The van der Waals surface area contributed by atoms with Crippen LogP contribution in [0.5, 0.6) is 0 Å². The second-order valence-corrected chi connectivity index (χ2v) is 6.24. The van der Waals surface area contributed by atoms with Crippen LogP contribution in [0.25, 0.3) is 0 Å². The van der Waals surface area contributed by atoms with Gasteiger partial charge in [0.2, 0.25) is 0 Å². The van der Waals surface area contributed by atoms with Crippen LogP contribution in [-0.2, 0) is 0 Å². The first-order valence-corrected chi connectivity index (χ1v) is 7.49. The highest BCUT2D eigenvalue weighted by molar-refractivity contribution is 5.79. The average Bonchev–Trinajstić information content (AvgIpc) is 2.72. The molecule has 0 bridgehead atoms. The van der Waals surface area contributed by atoms with Crippen LogP contribution in [0.3, 0.4) is 0 Å². The number of hydrogen-bond acceptors (Lipinski definition) is 3. The Bertz CT molecular complexity index is 397. The van der Waals surface area contributed by atoms with Crippen LogP contribution in [0.1, 0.15) is 52.4 Å². The smallest absolute Gasteiger partial charge is 0.189 e. The summed E-state index contributed by atoms with van der Waals surface area (Å²) in [5, 5.41) is 3.40. The lowest BCUT2D eigenvalue weighted by molar-refractivity contribution is 0.273. The normalized spacial score (nSPS) is 38.2. The van der Waals surface area contributed by atoms with Crippen molar-refractivity contribution in [2.75, 3.05) is 0 Å². The zero-order valence-electron chi connectivity index (χ0n) is 11.6. The van der Waals surface area contributed by atoms with Crippen LogP contribution in [0.2, 0.25) is 0 Å². The SMILES string of the molecule is CCCCC1=C(C)CC2CCC3NC(N)=NC1C23. The molecule has 100 valence electrons. The summed E-state index contributed by atoms with van der Waals surface area (Å²) in [7, 11) is 0. The molecule has 4 unspecified atom stereocenters. The van der Waals surface area contributed by atoms with Crippen molar-refractivity contribution in [2.24, 2.45) is 22.6 Å². The van der Waals surface area contributed by atoms with Gasteiger partial charge in [0.05, 0.1) is 6.04 Å². The highest BCUT2D eigenvalue weighted by atomic mass is 15.2. The first kappa shape index (κ1) is 12.1. The zero-order valence-corrected chi connectivity index (χ0v) is 11.6. The predicted molar refractivity (Wildman–Crippen MR) is 75.4 cm³/mol. The van der Waals surface area contributed by atoms with Crippen LogP contribution in [-0.4, -0.2) is 18.0 Å². The highest BCUT2D eigenvalue weighted by Crippen LogP contribution is 2.48. The van der Waals surface area contributed by atoms with Crippen molar-refractivity contribution in [3.63, 3.8) is 0 Å². The van der Waals surface area contributed by atoms with Gasteiger partial charge >= 0.3 is 0 Å². The summed E-state index contributed by atoms with van der Waals surface area (Å²) < 4.78 is 0. The number of hydrogen-bond donors (Lipinski definition) is 2. The molecule has 4 atom stereocenters. The van der Waals surface area contributed by atoms with Crippen molar-refractivity contribution in [1.29, 1.82) is 0 Å². The van der Waals surface area contributed by atoms with Gasteiger partial charge in [-0.25, -0.2) is 4.99 Å². The number of nitrogens with one attached hydrogen (secondary N) is 1. The van der Waals surface area contributed by atoms with Crippen molar-refractivity contribution >= 4 is 5.96 Å². The third-order valence-corrected chi connectivity index (χ3v) is 5.11. The molecule has 3 aliphatic rings. The summed E-state index contributed by atoms with van der Waals surface area (Å²) in [5.74, 6) is 2.23. The zero-order chi connectivity index (χ0) is 12.7. The van der Waals surface area contributed by atoms with Gasteiger partial charge in [-0.15, -0.1) is 0 Å². The van der Waals surface area contributed by atoms with Crippen molar-refractivity contribution in [3.05, 3.63) is 11.1 Å². The fraction of sp³-hybridized carbons (Fsp3) is 0.800. The van der Waals surface area contributed by atoms with Gasteiger partial charge in [0.15, 0.2) is 5.96 Å². The summed E-state index contributed by atoms with van der Waals surface area (Å²) in [6, 6.07) is 0.978. The van der Waals surface area contributed by atoms with Crippen molar-refractivity contribution in [1.82, 2.24) is 5.32 Å². The lowest BCUT2D eigenvalue weighted by Gasteiger charge is -2.41. The largest absolute Gasteiger partial charge is 0.370 e. The molecule has 0 aromatic rings. The number of unbranched alkanes of at least 4 members (excludes halogenated alkanes) is 1. The molecular formula is C15H25N3. The van der Waals surface area contributed by atoms with E-state index in [4.69, 9.17) is 10.7 Å². The minimum Gasteiger partial charge on any atom is -0.370 e. The second kappa shape index (κ2) is 4.60. The van der Waals surface area contributed by atoms with E-state index in [1.807, 2.05) is 0 Å². The van der Waals surface area contributed by atoms with E-state index in [9.17, 15) is 0 Å². The van der Waals surface area contributed by atoms with E-state index >= 15 is 0 Å². The van der Waals surface area contributed by atoms with Crippen molar-refractivity contribution < 1.29 is 0 Å². The summed E-state index contributed by atoms with van der Waals surface area (Å²) in [6.45, 7) is 4.59. The molecule has 1 saturated carbocycles. The molecular weight excluding hydrogens is 222 g/mol. The number of allylic oxidation sites excluding steroid dienone is 1. The van der Waals surface area contributed by atoms with Crippen LogP contribution < -0.4 is 11.1 Å². The number of rotatable bonds is 3. The van der Waals surface area contributed by atoms with Gasteiger partial charge < -0.3 is 11.1 Å². The van der Waals surface area contributed by atoms with E-state index in [0.717, 1.165) is 5.92 Å². The Balaban J connectivity index is 1.93. The minimum atomic E-state index is 0.393. The Morgan fingerprint density at radius 3 is 3.00 bits per heavy atom. The average molecular weight is 247 g/mol. The number of aliphatic imine (C=N–C) groups is 1. The standard InChI is InChI=1S/C15H25N3/c1-3-4-5-11-9(2)8-10-6-7-12-13(10)14(11)18-15(16)17-12/h10,12-14H,3-8H2,1-2H3,(H3,16,17,18). The Kier molecular flexibility index (Phi) is 3.08. The molecule has 18 heavy (non-hydrogen) atoms. The van der Waals surface area contributed by atoms with Gasteiger partial charge in [-0.05, 0) is 50.5 Å². The maximum absolute atomic E-state index is 5.98. The first-order valence-electron chi connectivity index (χ1n) is 7.49. The topological polar surface area (TPSA) is 50.4 Å². The van der Waals surface area contributed by atoms with Gasteiger partial charge in [0, 0.05) is 12.0 Å². The van der Waals surface area contributed by atoms with Gasteiger partial charge in [-0.1, -0.05) is 18.9 Å². The van der Waals surface area contributed by atoms with Gasteiger partial charge in [0.1, 0.15) is 0 Å². The molecule has 1 heterocycles. The molecule has 1 aliphatic heterocycles. The monoisotopic (exact) mass is 247 g/mol. The molecule has 0 radical (unpaired) electrons. The molecule has 0 spiro atoms. The predicted octanol–water partition coefficient (Wildman–Crippen LogP) is 2.58. The molecule has 3 nitrogen and oxygen atoms in total. The highest BCUT2D eigenvalue weighted by Gasteiger charge is 2.47. The quantitative estimate of drug-likeness (QED) is 0.753. The second-order valence-electron chi connectivity index (χ2n) is 6.24. The third kappa shape index (κ3) is 1.84. The molecule has 0 saturated heterocycles. The molecule has 0 amide bonds. The molecule has 3 rings (SSSR count). The van der Waals surface area contributed by atoms with Crippen LogP contribution in [0.15, 0.2) is 16.1 Å². The number of nitrogens with two attached hydrogens (primary N) is 1. The first-order chi connectivity index (χ1) is 8.70. The Morgan fingerprint density at radius 2 is 2.22 bits per heavy atom. The van der Waals surface area contributed by atoms with E-state index in [-0.39, 0.29) is 0 Å². The Hall–Kier alpha value is -0.990. The molecule has 3 N–H and O–H groups in total. The third-order valence-electron chi connectivity index (χ3n) is 5.11.